The Morgan fingerprint density at radius 2 is 1.50 bits per heavy atom. The average molecular weight is 138 g/mol. The standard InChI is InChI=1S/C9H14O/c10-9-7-5-3-1-2-4-6-8-9/h1-4,9-10H,5-8H2/b3-1-,4-2+. The monoisotopic (exact) mass is 138 g/mol. The molecule has 0 radical (unpaired) electrons. The highest BCUT2D eigenvalue weighted by Gasteiger charge is 2.00. The lowest BCUT2D eigenvalue weighted by Crippen LogP contribution is -2.04. The zero-order valence-corrected chi connectivity index (χ0v) is 6.16. The second-order valence-corrected chi connectivity index (χ2v) is 2.66. The number of rotatable bonds is 0. The van der Waals surface area contributed by atoms with Crippen LogP contribution in [0.4, 0.5) is 0 Å². The molecular weight excluding hydrogens is 124 g/mol. The van der Waals surface area contributed by atoms with Crippen LogP contribution in [0.3, 0.4) is 0 Å². The number of allylic oxidation sites excluding steroid dienone is 4. The van der Waals surface area contributed by atoms with Crippen LogP contribution in [-0.2, 0) is 0 Å². The SMILES string of the molecule is OC1CC/C=C\C=C\CC1. The fourth-order valence-corrected chi connectivity index (χ4v) is 1.07. The van der Waals surface area contributed by atoms with Crippen LogP contribution in [-0.4, -0.2) is 11.2 Å². The van der Waals surface area contributed by atoms with Crippen LogP contribution in [0.25, 0.3) is 0 Å². The summed E-state index contributed by atoms with van der Waals surface area (Å²) in [6, 6.07) is 0. The quantitative estimate of drug-likeness (QED) is 0.543. The van der Waals surface area contributed by atoms with Gasteiger partial charge in [0.25, 0.3) is 0 Å². The molecule has 0 aliphatic heterocycles. The molecule has 1 unspecified atom stereocenters. The first kappa shape index (κ1) is 7.55. The zero-order chi connectivity index (χ0) is 7.23. The molecule has 0 fully saturated rings. The zero-order valence-electron chi connectivity index (χ0n) is 6.16. The second kappa shape index (κ2) is 4.29. The van der Waals surface area contributed by atoms with Crippen LogP contribution in [0.5, 0.6) is 0 Å². The minimum absolute atomic E-state index is 0.0904. The van der Waals surface area contributed by atoms with Crippen molar-refractivity contribution in [2.75, 3.05) is 0 Å². The van der Waals surface area contributed by atoms with E-state index in [2.05, 4.69) is 24.3 Å². The van der Waals surface area contributed by atoms with Crippen LogP contribution < -0.4 is 0 Å². The van der Waals surface area contributed by atoms with Gasteiger partial charge in [0.1, 0.15) is 0 Å². The molecule has 1 nitrogen and oxygen atoms in total. The fraction of sp³-hybridized carbons (Fsp3) is 0.556. The Balaban J connectivity index is 2.37. The molecule has 0 aromatic rings. The third-order valence-corrected chi connectivity index (χ3v) is 1.72. The molecule has 1 N–H and O–H groups in total. The minimum atomic E-state index is -0.0904. The van der Waals surface area contributed by atoms with E-state index < -0.39 is 0 Å². The Kier molecular flexibility index (Phi) is 3.23. The summed E-state index contributed by atoms with van der Waals surface area (Å²) in [5, 5.41) is 9.27. The molecule has 0 saturated carbocycles. The topological polar surface area (TPSA) is 20.2 Å². The molecular formula is C9H14O. The normalized spacial score (nSPS) is 33.5. The first-order valence-corrected chi connectivity index (χ1v) is 3.89. The number of aliphatic hydroxyl groups excluding tert-OH is 1. The molecule has 0 amide bonds. The third kappa shape index (κ3) is 2.83. The molecule has 1 heteroatoms. The summed E-state index contributed by atoms with van der Waals surface area (Å²) in [6.45, 7) is 0. The van der Waals surface area contributed by atoms with Crippen molar-refractivity contribution in [3.8, 4) is 0 Å². The van der Waals surface area contributed by atoms with Gasteiger partial charge >= 0.3 is 0 Å². The fourth-order valence-electron chi connectivity index (χ4n) is 1.07. The maximum atomic E-state index is 9.27. The molecule has 0 aromatic heterocycles. The van der Waals surface area contributed by atoms with E-state index >= 15 is 0 Å². The maximum absolute atomic E-state index is 9.27. The van der Waals surface area contributed by atoms with E-state index in [1.54, 1.807) is 0 Å². The Bertz CT molecular complexity index is 120. The number of hydrogen-bond donors (Lipinski definition) is 1. The van der Waals surface area contributed by atoms with E-state index in [9.17, 15) is 5.11 Å². The minimum Gasteiger partial charge on any atom is -0.393 e. The van der Waals surface area contributed by atoms with Crippen molar-refractivity contribution >= 4 is 0 Å². The molecule has 1 atom stereocenters. The van der Waals surface area contributed by atoms with Crippen molar-refractivity contribution in [3.05, 3.63) is 24.3 Å². The van der Waals surface area contributed by atoms with Gasteiger partial charge in [-0.05, 0) is 25.7 Å². The van der Waals surface area contributed by atoms with E-state index in [0.717, 1.165) is 25.7 Å². The summed E-state index contributed by atoms with van der Waals surface area (Å²) >= 11 is 0. The highest BCUT2D eigenvalue weighted by Crippen LogP contribution is 2.07. The molecule has 0 aromatic carbocycles. The highest BCUT2D eigenvalue weighted by atomic mass is 16.3. The van der Waals surface area contributed by atoms with E-state index in [-0.39, 0.29) is 6.10 Å². The van der Waals surface area contributed by atoms with Crippen molar-refractivity contribution in [2.24, 2.45) is 0 Å². The van der Waals surface area contributed by atoms with E-state index in [1.165, 1.54) is 0 Å². The molecule has 0 heterocycles. The molecule has 1 aliphatic rings. The van der Waals surface area contributed by atoms with Gasteiger partial charge in [0.05, 0.1) is 6.10 Å². The number of aliphatic hydroxyl groups is 1. The summed E-state index contributed by atoms with van der Waals surface area (Å²) in [5.74, 6) is 0. The van der Waals surface area contributed by atoms with Gasteiger partial charge in [0.2, 0.25) is 0 Å². The molecule has 10 heavy (non-hydrogen) atoms. The van der Waals surface area contributed by atoms with Gasteiger partial charge in [-0.15, -0.1) is 0 Å². The van der Waals surface area contributed by atoms with Gasteiger partial charge in [0, 0.05) is 0 Å². The molecule has 1 rings (SSSR count). The lowest BCUT2D eigenvalue weighted by molar-refractivity contribution is 0.157. The van der Waals surface area contributed by atoms with Crippen molar-refractivity contribution in [2.45, 2.75) is 31.8 Å². The lowest BCUT2D eigenvalue weighted by atomic mass is 10.1. The predicted octanol–water partition coefficient (Wildman–Crippen LogP) is 2.03. The summed E-state index contributed by atoms with van der Waals surface area (Å²) < 4.78 is 0. The van der Waals surface area contributed by atoms with Gasteiger partial charge in [0.15, 0.2) is 0 Å². The third-order valence-electron chi connectivity index (χ3n) is 1.72. The van der Waals surface area contributed by atoms with Crippen LogP contribution in [0.2, 0.25) is 0 Å². The van der Waals surface area contributed by atoms with Crippen LogP contribution in [0, 0.1) is 0 Å². The first-order valence-electron chi connectivity index (χ1n) is 3.89. The average Bonchev–Trinajstić information content (AvgIpc) is 2.02. The predicted molar refractivity (Wildman–Crippen MR) is 42.8 cm³/mol. The van der Waals surface area contributed by atoms with Gasteiger partial charge in [-0.3, -0.25) is 0 Å². The summed E-state index contributed by atoms with van der Waals surface area (Å²) in [4.78, 5) is 0. The van der Waals surface area contributed by atoms with E-state index in [4.69, 9.17) is 0 Å². The van der Waals surface area contributed by atoms with Crippen molar-refractivity contribution < 1.29 is 5.11 Å². The summed E-state index contributed by atoms with van der Waals surface area (Å²) in [7, 11) is 0. The Morgan fingerprint density at radius 1 is 1.00 bits per heavy atom. The Morgan fingerprint density at radius 3 is 2.00 bits per heavy atom. The van der Waals surface area contributed by atoms with Crippen molar-refractivity contribution in [3.63, 3.8) is 0 Å². The smallest absolute Gasteiger partial charge is 0.0546 e. The van der Waals surface area contributed by atoms with E-state index in [0.29, 0.717) is 0 Å². The Hall–Kier alpha value is -0.560. The van der Waals surface area contributed by atoms with Crippen LogP contribution >= 0.6 is 0 Å². The van der Waals surface area contributed by atoms with Gasteiger partial charge in [-0.25, -0.2) is 0 Å². The van der Waals surface area contributed by atoms with Crippen molar-refractivity contribution in [1.29, 1.82) is 0 Å². The van der Waals surface area contributed by atoms with Gasteiger partial charge < -0.3 is 5.11 Å². The molecule has 56 valence electrons. The molecule has 0 saturated heterocycles. The Labute approximate surface area is 62.1 Å². The highest BCUT2D eigenvalue weighted by molar-refractivity contribution is 5.03. The largest absolute Gasteiger partial charge is 0.393 e. The van der Waals surface area contributed by atoms with E-state index in [1.807, 2.05) is 0 Å². The summed E-state index contributed by atoms with van der Waals surface area (Å²) in [5.41, 5.74) is 0. The lowest BCUT2D eigenvalue weighted by Gasteiger charge is -2.05. The second-order valence-electron chi connectivity index (χ2n) is 2.66. The van der Waals surface area contributed by atoms with Gasteiger partial charge in [-0.2, -0.15) is 0 Å². The van der Waals surface area contributed by atoms with Crippen molar-refractivity contribution in [1.82, 2.24) is 0 Å². The molecule has 0 spiro atoms. The van der Waals surface area contributed by atoms with Crippen LogP contribution in [0.1, 0.15) is 25.7 Å². The first-order chi connectivity index (χ1) is 4.89. The molecule has 0 bridgehead atoms. The number of hydrogen-bond acceptors (Lipinski definition) is 1. The van der Waals surface area contributed by atoms with Gasteiger partial charge in [-0.1, -0.05) is 24.3 Å². The van der Waals surface area contributed by atoms with Crippen LogP contribution in [0.15, 0.2) is 24.3 Å². The summed E-state index contributed by atoms with van der Waals surface area (Å²) in [6.07, 6.45) is 12.1. The maximum Gasteiger partial charge on any atom is 0.0546 e. The molecule has 1 aliphatic carbocycles.